The highest BCUT2D eigenvalue weighted by Gasteiger charge is 2.23. The first-order valence-electron chi connectivity index (χ1n) is 5.77. The molecule has 18 heavy (non-hydrogen) atoms. The van der Waals surface area contributed by atoms with Gasteiger partial charge >= 0.3 is 0 Å². The molecule has 0 amide bonds. The van der Waals surface area contributed by atoms with Crippen LogP contribution < -0.4 is 4.74 Å². The highest BCUT2D eigenvalue weighted by atomic mass is 19.1. The zero-order valence-corrected chi connectivity index (χ0v) is 10.7. The van der Waals surface area contributed by atoms with Crippen LogP contribution in [0.4, 0.5) is 4.39 Å². The topological polar surface area (TPSA) is 50.1 Å². The number of carbonyl (C=O) groups is 1. The van der Waals surface area contributed by atoms with Crippen molar-refractivity contribution in [3.63, 3.8) is 0 Å². The van der Waals surface area contributed by atoms with Crippen LogP contribution in [0.1, 0.15) is 30.6 Å². The van der Waals surface area contributed by atoms with Crippen molar-refractivity contribution < 1.29 is 13.9 Å². The van der Waals surface area contributed by atoms with Crippen molar-refractivity contribution in [2.45, 2.75) is 20.3 Å². The van der Waals surface area contributed by atoms with Crippen molar-refractivity contribution >= 4 is 5.78 Å². The summed E-state index contributed by atoms with van der Waals surface area (Å²) in [5.74, 6) is -1.36. The van der Waals surface area contributed by atoms with Gasteiger partial charge in [0.25, 0.3) is 0 Å². The summed E-state index contributed by atoms with van der Waals surface area (Å²) >= 11 is 0. The number of nitrogens with zero attached hydrogens (tertiary/aromatic N) is 1. The smallest absolute Gasteiger partial charge is 0.182 e. The van der Waals surface area contributed by atoms with Crippen LogP contribution in [0.2, 0.25) is 0 Å². The summed E-state index contributed by atoms with van der Waals surface area (Å²) in [5, 5.41) is 8.98. The molecular weight excluding hydrogens is 233 g/mol. The number of nitriles is 1. The molecule has 0 saturated heterocycles. The molecule has 0 N–H and O–H groups in total. The van der Waals surface area contributed by atoms with Gasteiger partial charge in [-0.15, -0.1) is 0 Å². The van der Waals surface area contributed by atoms with Crippen LogP contribution in [0.15, 0.2) is 18.2 Å². The number of methoxy groups -OCH3 is 1. The molecule has 0 saturated carbocycles. The lowest BCUT2D eigenvalue weighted by Crippen LogP contribution is -2.16. The normalized spacial score (nSPS) is 12.0. The van der Waals surface area contributed by atoms with E-state index >= 15 is 0 Å². The van der Waals surface area contributed by atoms with Gasteiger partial charge in [-0.05, 0) is 24.5 Å². The Kier molecular flexibility index (Phi) is 4.85. The maximum Gasteiger partial charge on any atom is 0.182 e. The van der Waals surface area contributed by atoms with E-state index in [1.807, 2.05) is 19.9 Å². The van der Waals surface area contributed by atoms with E-state index in [-0.39, 0.29) is 11.5 Å². The standard InChI is InChI=1S/C14H16FNO2/c1-9(2)6-10(8-16)14(17)12-5-4-11(18-3)7-13(12)15/h4-5,7,9-10H,6H2,1-3H3. The van der Waals surface area contributed by atoms with Gasteiger partial charge in [0.15, 0.2) is 5.78 Å². The minimum atomic E-state index is -0.798. The largest absolute Gasteiger partial charge is 0.497 e. The number of hydrogen-bond acceptors (Lipinski definition) is 3. The summed E-state index contributed by atoms with van der Waals surface area (Å²) in [6.07, 6.45) is 0.431. The van der Waals surface area contributed by atoms with Gasteiger partial charge in [-0.25, -0.2) is 4.39 Å². The summed E-state index contributed by atoms with van der Waals surface area (Å²) in [5.41, 5.74) is -0.0528. The van der Waals surface area contributed by atoms with Crippen LogP contribution in [0.25, 0.3) is 0 Å². The Morgan fingerprint density at radius 3 is 2.61 bits per heavy atom. The van der Waals surface area contributed by atoms with Crippen LogP contribution in [-0.4, -0.2) is 12.9 Å². The molecule has 0 fully saturated rings. The van der Waals surface area contributed by atoms with Crippen molar-refractivity contribution in [1.29, 1.82) is 5.26 Å². The first kappa shape index (κ1) is 14.2. The quantitative estimate of drug-likeness (QED) is 0.753. The molecule has 4 heteroatoms. The molecule has 1 rings (SSSR count). The van der Waals surface area contributed by atoms with Gasteiger partial charge in [0.2, 0.25) is 0 Å². The van der Waals surface area contributed by atoms with Crippen molar-refractivity contribution in [3.8, 4) is 11.8 Å². The Hall–Kier alpha value is -1.89. The van der Waals surface area contributed by atoms with E-state index in [1.165, 1.54) is 19.2 Å². The lowest BCUT2D eigenvalue weighted by molar-refractivity contribution is 0.0932. The lowest BCUT2D eigenvalue weighted by Gasteiger charge is -2.11. The second-order valence-corrected chi connectivity index (χ2v) is 4.52. The maximum absolute atomic E-state index is 13.7. The Balaban J connectivity index is 2.99. The average Bonchev–Trinajstić information content (AvgIpc) is 2.34. The Morgan fingerprint density at radius 2 is 2.17 bits per heavy atom. The van der Waals surface area contributed by atoms with Crippen LogP contribution in [0.3, 0.4) is 0 Å². The van der Waals surface area contributed by atoms with Gasteiger partial charge in [-0.3, -0.25) is 4.79 Å². The lowest BCUT2D eigenvalue weighted by atomic mass is 9.90. The number of rotatable bonds is 5. The number of carbonyl (C=O) groups excluding carboxylic acids is 1. The van der Waals surface area contributed by atoms with Gasteiger partial charge < -0.3 is 4.74 Å². The first-order valence-corrected chi connectivity index (χ1v) is 5.77. The molecule has 1 aromatic rings. The van der Waals surface area contributed by atoms with Crippen LogP contribution >= 0.6 is 0 Å². The summed E-state index contributed by atoms with van der Waals surface area (Å²) < 4.78 is 18.6. The predicted octanol–water partition coefficient (Wildman–Crippen LogP) is 3.20. The second-order valence-electron chi connectivity index (χ2n) is 4.52. The number of Topliss-reactive ketones (excluding diaryl/α,β-unsaturated/α-hetero) is 1. The minimum absolute atomic E-state index is 0.0528. The van der Waals surface area contributed by atoms with Crippen molar-refractivity contribution in [3.05, 3.63) is 29.6 Å². The average molecular weight is 249 g/mol. The molecule has 0 aromatic heterocycles. The van der Waals surface area contributed by atoms with Crippen molar-refractivity contribution in [2.24, 2.45) is 11.8 Å². The van der Waals surface area contributed by atoms with E-state index in [0.717, 1.165) is 6.07 Å². The molecule has 0 radical (unpaired) electrons. The molecule has 96 valence electrons. The zero-order chi connectivity index (χ0) is 13.7. The number of hydrogen-bond donors (Lipinski definition) is 0. The van der Waals surface area contributed by atoms with Crippen LogP contribution in [0.5, 0.6) is 5.75 Å². The fourth-order valence-electron chi connectivity index (χ4n) is 1.70. The Labute approximate surface area is 106 Å². The van der Waals surface area contributed by atoms with E-state index in [2.05, 4.69) is 0 Å². The van der Waals surface area contributed by atoms with Gasteiger partial charge in [0.1, 0.15) is 17.5 Å². The van der Waals surface area contributed by atoms with E-state index in [9.17, 15) is 9.18 Å². The molecule has 1 aromatic carbocycles. The SMILES string of the molecule is COc1ccc(C(=O)C(C#N)CC(C)C)c(F)c1. The summed E-state index contributed by atoms with van der Waals surface area (Å²) in [6, 6.07) is 5.97. The third-order valence-corrected chi connectivity index (χ3v) is 2.62. The van der Waals surface area contributed by atoms with Gasteiger partial charge in [-0.1, -0.05) is 13.8 Å². The second kappa shape index (κ2) is 6.15. The molecule has 0 heterocycles. The zero-order valence-electron chi connectivity index (χ0n) is 10.7. The van der Waals surface area contributed by atoms with E-state index < -0.39 is 17.5 Å². The van der Waals surface area contributed by atoms with Gasteiger partial charge in [-0.2, -0.15) is 5.26 Å². The molecule has 1 atom stereocenters. The molecule has 0 aliphatic rings. The summed E-state index contributed by atoms with van der Waals surface area (Å²) in [6.45, 7) is 3.84. The summed E-state index contributed by atoms with van der Waals surface area (Å²) in [4.78, 5) is 12.0. The fourth-order valence-corrected chi connectivity index (χ4v) is 1.70. The molecular formula is C14H16FNO2. The van der Waals surface area contributed by atoms with Crippen molar-refractivity contribution in [2.75, 3.05) is 7.11 Å². The molecule has 3 nitrogen and oxygen atoms in total. The van der Waals surface area contributed by atoms with Gasteiger partial charge in [0, 0.05) is 6.07 Å². The molecule has 0 bridgehead atoms. The van der Waals surface area contributed by atoms with Gasteiger partial charge in [0.05, 0.1) is 18.7 Å². The highest BCUT2D eigenvalue weighted by molar-refractivity contribution is 5.99. The Morgan fingerprint density at radius 1 is 1.50 bits per heavy atom. The van der Waals surface area contributed by atoms with Crippen molar-refractivity contribution in [1.82, 2.24) is 0 Å². The highest BCUT2D eigenvalue weighted by Crippen LogP contribution is 2.22. The van der Waals surface area contributed by atoms with E-state index in [1.54, 1.807) is 0 Å². The Bertz CT molecular complexity index is 477. The number of halogens is 1. The van der Waals surface area contributed by atoms with Crippen LogP contribution in [-0.2, 0) is 0 Å². The molecule has 0 aliphatic carbocycles. The third kappa shape index (κ3) is 3.30. The summed E-state index contributed by atoms with van der Waals surface area (Å²) in [7, 11) is 1.42. The monoisotopic (exact) mass is 249 g/mol. The third-order valence-electron chi connectivity index (χ3n) is 2.62. The number of benzene rings is 1. The first-order chi connectivity index (χ1) is 8.49. The number of ketones is 1. The molecule has 0 aliphatic heterocycles. The molecule has 0 spiro atoms. The maximum atomic E-state index is 13.7. The van der Waals surface area contributed by atoms with E-state index in [0.29, 0.717) is 12.2 Å². The molecule has 1 unspecified atom stereocenters. The predicted molar refractivity (Wildman–Crippen MR) is 65.8 cm³/mol. The van der Waals surface area contributed by atoms with E-state index in [4.69, 9.17) is 10.00 Å². The fraction of sp³-hybridized carbons (Fsp3) is 0.429. The van der Waals surface area contributed by atoms with Crippen LogP contribution in [0, 0.1) is 29.0 Å². The minimum Gasteiger partial charge on any atom is -0.497 e. The number of ether oxygens (including phenoxy) is 1.